The van der Waals surface area contributed by atoms with Crippen LogP contribution in [-0.4, -0.2) is 27.1 Å². The van der Waals surface area contributed by atoms with Crippen molar-refractivity contribution in [1.82, 2.24) is 9.55 Å². The molecule has 0 amide bonds. The van der Waals surface area contributed by atoms with Crippen molar-refractivity contribution in [1.29, 1.82) is 0 Å². The Bertz CT molecular complexity index is 1470. The SMILES string of the molecule is CC(=O)/C=c1\[nH]/c(=C\C=C\c2ccccc2)c(=O)n1/C=C1\C(=O)Oc2ccccc2C1=O. The molecule has 0 spiro atoms. The third-order valence-corrected chi connectivity index (χ3v) is 4.72. The summed E-state index contributed by atoms with van der Waals surface area (Å²) in [5.74, 6) is -1.58. The van der Waals surface area contributed by atoms with E-state index in [2.05, 4.69) is 4.98 Å². The van der Waals surface area contributed by atoms with Crippen LogP contribution in [0.15, 0.2) is 71.0 Å². The van der Waals surface area contributed by atoms with Gasteiger partial charge in [0, 0.05) is 12.3 Å². The fourth-order valence-corrected chi connectivity index (χ4v) is 3.23. The minimum atomic E-state index is -0.870. The third kappa shape index (κ3) is 4.17. The van der Waals surface area contributed by atoms with Crippen LogP contribution in [0.1, 0.15) is 22.8 Å². The minimum absolute atomic E-state index is 0.133. The summed E-state index contributed by atoms with van der Waals surface area (Å²) in [5, 5.41) is 0.179. The number of hydrogen-bond acceptors (Lipinski definition) is 5. The highest BCUT2D eigenvalue weighted by Crippen LogP contribution is 2.27. The predicted octanol–water partition coefficient (Wildman–Crippen LogP) is 1.68. The van der Waals surface area contributed by atoms with E-state index in [4.69, 9.17) is 4.74 Å². The summed E-state index contributed by atoms with van der Waals surface area (Å²) >= 11 is 0. The van der Waals surface area contributed by atoms with Crippen molar-refractivity contribution < 1.29 is 19.1 Å². The average molecular weight is 426 g/mol. The van der Waals surface area contributed by atoms with Gasteiger partial charge >= 0.3 is 5.97 Å². The normalized spacial score (nSPS) is 16.0. The molecule has 0 saturated carbocycles. The second-order valence-electron chi connectivity index (χ2n) is 7.05. The number of Topliss-reactive ketones (excluding diaryl/α,β-unsaturated/α-hetero) is 2. The molecule has 0 unspecified atom stereocenters. The van der Waals surface area contributed by atoms with Crippen LogP contribution >= 0.6 is 0 Å². The largest absolute Gasteiger partial charge is 0.422 e. The van der Waals surface area contributed by atoms with E-state index in [9.17, 15) is 19.2 Å². The average Bonchev–Trinajstić information content (AvgIpc) is 3.05. The summed E-state index contributed by atoms with van der Waals surface area (Å²) in [7, 11) is 0. The third-order valence-electron chi connectivity index (χ3n) is 4.72. The van der Waals surface area contributed by atoms with Gasteiger partial charge in [0.2, 0.25) is 5.78 Å². The van der Waals surface area contributed by atoms with Gasteiger partial charge in [-0.2, -0.15) is 0 Å². The van der Waals surface area contributed by atoms with Crippen molar-refractivity contribution in [2.24, 2.45) is 0 Å². The number of aromatic amines is 1. The number of carbonyl (C=O) groups is 3. The quantitative estimate of drug-likeness (QED) is 0.296. The van der Waals surface area contributed by atoms with Crippen LogP contribution in [0.5, 0.6) is 5.75 Å². The number of benzene rings is 2. The van der Waals surface area contributed by atoms with E-state index in [0.717, 1.165) is 16.3 Å². The van der Waals surface area contributed by atoms with Crippen molar-refractivity contribution in [2.75, 3.05) is 0 Å². The molecule has 4 rings (SSSR count). The summed E-state index contributed by atoms with van der Waals surface area (Å²) in [4.78, 5) is 52.8. The number of ketones is 2. The van der Waals surface area contributed by atoms with Gasteiger partial charge in [-0.05, 0) is 30.7 Å². The number of carbonyl (C=O) groups excluding carboxylic acids is 3. The van der Waals surface area contributed by atoms with E-state index in [-0.39, 0.29) is 33.5 Å². The smallest absolute Gasteiger partial charge is 0.349 e. The van der Waals surface area contributed by atoms with Gasteiger partial charge in [-0.25, -0.2) is 4.79 Å². The van der Waals surface area contributed by atoms with Gasteiger partial charge in [0.25, 0.3) is 5.56 Å². The molecule has 1 aliphatic heterocycles. The summed E-state index contributed by atoms with van der Waals surface area (Å²) < 4.78 is 6.28. The molecule has 7 heteroatoms. The molecular formula is C25H18N2O5. The maximum Gasteiger partial charge on any atom is 0.349 e. The molecule has 158 valence electrons. The van der Waals surface area contributed by atoms with Crippen LogP contribution in [0.2, 0.25) is 0 Å². The molecule has 0 bridgehead atoms. The van der Waals surface area contributed by atoms with Crippen LogP contribution < -0.4 is 21.1 Å². The van der Waals surface area contributed by atoms with Crippen LogP contribution in [-0.2, 0) is 9.59 Å². The molecule has 1 aromatic heterocycles. The Hall–Kier alpha value is -4.52. The monoisotopic (exact) mass is 426 g/mol. The summed E-state index contributed by atoms with van der Waals surface area (Å²) in [6.45, 7) is 1.33. The summed E-state index contributed by atoms with van der Waals surface area (Å²) in [6.07, 6.45) is 7.37. The maximum atomic E-state index is 13.0. The number of H-pyrrole nitrogens is 1. The molecule has 2 aromatic carbocycles. The Morgan fingerprint density at radius 2 is 1.72 bits per heavy atom. The number of hydrogen-bond donors (Lipinski definition) is 1. The van der Waals surface area contributed by atoms with E-state index in [1.165, 1.54) is 25.1 Å². The fraction of sp³-hybridized carbons (Fsp3) is 0.0400. The first-order chi connectivity index (χ1) is 15.4. The minimum Gasteiger partial charge on any atom is -0.422 e. The van der Waals surface area contributed by atoms with Crippen molar-refractivity contribution in [3.63, 3.8) is 0 Å². The molecule has 0 aliphatic carbocycles. The zero-order valence-corrected chi connectivity index (χ0v) is 17.1. The molecule has 0 saturated heterocycles. The van der Waals surface area contributed by atoms with E-state index >= 15 is 0 Å². The highest BCUT2D eigenvalue weighted by Gasteiger charge is 2.30. The lowest BCUT2D eigenvalue weighted by atomic mass is 10.0. The lowest BCUT2D eigenvalue weighted by molar-refractivity contribution is -0.130. The molecule has 7 nitrogen and oxygen atoms in total. The van der Waals surface area contributed by atoms with Gasteiger partial charge < -0.3 is 9.72 Å². The summed E-state index contributed by atoms with van der Waals surface area (Å²) in [5.41, 5.74) is 0.462. The van der Waals surface area contributed by atoms with Crippen molar-refractivity contribution >= 4 is 42.0 Å². The van der Waals surface area contributed by atoms with Gasteiger partial charge in [-0.3, -0.25) is 19.0 Å². The fourth-order valence-electron chi connectivity index (χ4n) is 3.23. The van der Waals surface area contributed by atoms with E-state index in [1.54, 1.807) is 24.3 Å². The molecule has 1 aliphatic rings. The Balaban J connectivity index is 1.82. The number of ether oxygens (including phenoxy) is 1. The van der Waals surface area contributed by atoms with Crippen LogP contribution in [0.4, 0.5) is 0 Å². The first-order valence-corrected chi connectivity index (χ1v) is 9.78. The zero-order chi connectivity index (χ0) is 22.7. The Morgan fingerprint density at radius 3 is 2.47 bits per heavy atom. The molecule has 0 fully saturated rings. The van der Waals surface area contributed by atoms with E-state index in [1.807, 2.05) is 36.4 Å². The number of para-hydroxylation sites is 1. The number of nitrogens with zero attached hydrogens (tertiary/aromatic N) is 1. The van der Waals surface area contributed by atoms with E-state index < -0.39 is 17.3 Å². The van der Waals surface area contributed by atoms with Crippen molar-refractivity contribution in [3.8, 4) is 5.75 Å². The number of allylic oxidation sites excluding steroid dienone is 1. The number of rotatable bonds is 4. The molecule has 2 heterocycles. The van der Waals surface area contributed by atoms with Crippen molar-refractivity contribution in [2.45, 2.75) is 6.92 Å². The molecule has 0 atom stereocenters. The molecule has 1 N–H and O–H groups in total. The first-order valence-electron chi connectivity index (χ1n) is 9.78. The van der Waals surface area contributed by atoms with Crippen LogP contribution in [0.25, 0.3) is 24.4 Å². The number of fused-ring (bicyclic) bond motifs is 1. The standard InChI is InChI=1S/C25H18N2O5/c1-16(28)14-22-26-20(12-7-10-17-8-3-2-4-9-17)24(30)27(22)15-19-23(29)18-11-5-6-13-21(18)32-25(19)31/h2-15,26H,1H3/b10-7+,19-15-,20-12-,22-14+. The van der Waals surface area contributed by atoms with Gasteiger partial charge in [-0.15, -0.1) is 0 Å². The van der Waals surface area contributed by atoms with Gasteiger partial charge in [0.05, 0.1) is 5.56 Å². The molecule has 32 heavy (non-hydrogen) atoms. The van der Waals surface area contributed by atoms with Gasteiger partial charge in [0.1, 0.15) is 22.2 Å². The topological polar surface area (TPSA) is 98.2 Å². The first kappa shape index (κ1) is 20.7. The Kier molecular flexibility index (Phi) is 5.63. The lowest BCUT2D eigenvalue weighted by Gasteiger charge is -2.16. The second-order valence-corrected chi connectivity index (χ2v) is 7.05. The second kappa shape index (κ2) is 8.69. The van der Waals surface area contributed by atoms with Gasteiger partial charge in [-0.1, -0.05) is 54.6 Å². The van der Waals surface area contributed by atoms with Crippen molar-refractivity contribution in [3.05, 3.63) is 98.6 Å². The number of esters is 1. The molecule has 0 radical (unpaired) electrons. The maximum absolute atomic E-state index is 13.0. The lowest BCUT2D eigenvalue weighted by Crippen LogP contribution is -2.31. The highest BCUT2D eigenvalue weighted by molar-refractivity contribution is 6.29. The summed E-state index contributed by atoms with van der Waals surface area (Å²) in [6, 6.07) is 15.9. The van der Waals surface area contributed by atoms with Gasteiger partial charge in [0.15, 0.2) is 5.78 Å². The number of imidazole rings is 1. The molecule has 3 aromatic rings. The predicted molar refractivity (Wildman–Crippen MR) is 120 cm³/mol. The van der Waals surface area contributed by atoms with E-state index in [0.29, 0.717) is 0 Å². The Labute approximate surface area is 182 Å². The molecular weight excluding hydrogens is 408 g/mol. The van der Waals surface area contributed by atoms with Crippen LogP contribution in [0, 0.1) is 0 Å². The highest BCUT2D eigenvalue weighted by atomic mass is 16.5. The number of nitrogens with one attached hydrogen (secondary N) is 1. The Morgan fingerprint density at radius 1 is 1.00 bits per heavy atom. The van der Waals surface area contributed by atoms with Crippen LogP contribution in [0.3, 0.4) is 0 Å². The number of aromatic nitrogens is 2. The zero-order valence-electron chi connectivity index (χ0n) is 17.1.